The van der Waals surface area contributed by atoms with Crippen LogP contribution < -0.4 is 10.6 Å². The molecule has 16 heavy (non-hydrogen) atoms. The Balaban J connectivity index is 2.56. The van der Waals surface area contributed by atoms with Crippen molar-refractivity contribution in [3.63, 3.8) is 0 Å². The Morgan fingerprint density at radius 2 is 2.12 bits per heavy atom. The number of nitrogens with one attached hydrogen (secondary N) is 2. The Hall–Kier alpha value is -1.65. The minimum atomic E-state index is -0.177. The molecule has 1 rings (SSSR count). The van der Waals surface area contributed by atoms with E-state index < -0.39 is 0 Å². The molecule has 1 amide bonds. The fourth-order valence-corrected chi connectivity index (χ4v) is 1.11. The van der Waals surface area contributed by atoms with Gasteiger partial charge in [0.2, 0.25) is 0 Å². The summed E-state index contributed by atoms with van der Waals surface area (Å²) in [5.41, 5.74) is 0.349. The van der Waals surface area contributed by atoms with Gasteiger partial charge in [0.15, 0.2) is 0 Å². The van der Waals surface area contributed by atoms with E-state index in [0.717, 1.165) is 6.54 Å². The number of nitrogens with zero attached hydrogens (tertiary/aromatic N) is 2. The number of anilines is 1. The molecule has 0 saturated carbocycles. The first kappa shape index (κ1) is 12.4. The molecule has 0 aromatic carbocycles. The lowest BCUT2D eigenvalue weighted by Crippen LogP contribution is -2.28. The summed E-state index contributed by atoms with van der Waals surface area (Å²) < 4.78 is 0. The summed E-state index contributed by atoms with van der Waals surface area (Å²) in [5.74, 6) is 0.935. The number of rotatable bonds is 5. The van der Waals surface area contributed by atoms with E-state index in [9.17, 15) is 4.79 Å². The largest absolute Gasteiger partial charge is 0.369 e. The fraction of sp³-hybridized carbons (Fsp3) is 0.545. The van der Waals surface area contributed by atoms with Gasteiger partial charge in [-0.05, 0) is 12.8 Å². The van der Waals surface area contributed by atoms with Crippen molar-refractivity contribution in [1.29, 1.82) is 0 Å². The minimum Gasteiger partial charge on any atom is -0.369 e. The second-order valence-electron chi connectivity index (χ2n) is 3.92. The molecule has 0 aliphatic heterocycles. The number of hydrogen-bond acceptors (Lipinski definition) is 4. The highest BCUT2D eigenvalue weighted by atomic mass is 16.1. The third kappa shape index (κ3) is 3.84. The maximum atomic E-state index is 11.6. The molecule has 0 fully saturated rings. The van der Waals surface area contributed by atoms with Crippen LogP contribution >= 0.6 is 0 Å². The van der Waals surface area contributed by atoms with E-state index in [-0.39, 0.29) is 5.91 Å². The van der Waals surface area contributed by atoms with Crippen LogP contribution in [0.2, 0.25) is 0 Å². The van der Waals surface area contributed by atoms with Crippen LogP contribution in [0.3, 0.4) is 0 Å². The lowest BCUT2D eigenvalue weighted by molar-refractivity contribution is 0.0943. The highest BCUT2D eigenvalue weighted by molar-refractivity contribution is 5.91. The summed E-state index contributed by atoms with van der Waals surface area (Å²) in [6.07, 6.45) is 3.04. The average molecular weight is 222 g/mol. The van der Waals surface area contributed by atoms with E-state index in [2.05, 4.69) is 20.6 Å². The number of carbonyl (C=O) groups is 1. The Bertz CT molecular complexity index is 334. The number of carbonyl (C=O) groups excluding carboxylic acids is 1. The van der Waals surface area contributed by atoms with Gasteiger partial charge in [-0.3, -0.25) is 4.79 Å². The monoisotopic (exact) mass is 222 g/mol. The van der Waals surface area contributed by atoms with Gasteiger partial charge in [-0.25, -0.2) is 9.97 Å². The quantitative estimate of drug-likeness (QED) is 0.788. The molecule has 88 valence electrons. The highest BCUT2D eigenvalue weighted by Gasteiger charge is 2.07. The summed E-state index contributed by atoms with van der Waals surface area (Å²) in [6.45, 7) is 7.49. The van der Waals surface area contributed by atoms with Crippen molar-refractivity contribution >= 4 is 11.7 Å². The summed E-state index contributed by atoms with van der Waals surface area (Å²) in [7, 11) is 0. The zero-order valence-corrected chi connectivity index (χ0v) is 9.95. The van der Waals surface area contributed by atoms with Gasteiger partial charge in [0.25, 0.3) is 5.91 Å². The summed E-state index contributed by atoms with van der Waals surface area (Å²) in [5, 5.41) is 5.81. The molecule has 5 nitrogen and oxygen atoms in total. The van der Waals surface area contributed by atoms with Crippen LogP contribution in [0.25, 0.3) is 0 Å². The van der Waals surface area contributed by atoms with Gasteiger partial charge in [-0.15, -0.1) is 0 Å². The zero-order chi connectivity index (χ0) is 12.0. The van der Waals surface area contributed by atoms with Crippen molar-refractivity contribution in [2.45, 2.75) is 20.8 Å². The third-order valence-corrected chi connectivity index (χ3v) is 1.91. The molecule has 0 unspecified atom stereocenters. The highest BCUT2D eigenvalue weighted by Crippen LogP contribution is 2.00. The van der Waals surface area contributed by atoms with Crippen molar-refractivity contribution in [3.05, 3.63) is 18.1 Å². The standard InChI is InChI=1S/C11H18N4O/c1-4-12-10-7-13-9(6-14-10)11(16)15-5-8(2)3/h6-8H,4-5H2,1-3H3,(H,12,14)(H,15,16). The maximum absolute atomic E-state index is 11.6. The van der Waals surface area contributed by atoms with E-state index in [1.165, 1.54) is 6.20 Å². The maximum Gasteiger partial charge on any atom is 0.271 e. The van der Waals surface area contributed by atoms with E-state index in [1.54, 1.807) is 6.20 Å². The molecule has 2 N–H and O–H groups in total. The van der Waals surface area contributed by atoms with E-state index >= 15 is 0 Å². The van der Waals surface area contributed by atoms with Crippen LogP contribution in [0, 0.1) is 5.92 Å². The number of aromatic nitrogens is 2. The second kappa shape index (κ2) is 6.05. The fourth-order valence-electron chi connectivity index (χ4n) is 1.11. The van der Waals surface area contributed by atoms with Crippen LogP contribution in [-0.4, -0.2) is 29.0 Å². The molecular weight excluding hydrogens is 204 g/mol. The van der Waals surface area contributed by atoms with Gasteiger partial charge in [0, 0.05) is 13.1 Å². The topological polar surface area (TPSA) is 66.9 Å². The van der Waals surface area contributed by atoms with Gasteiger partial charge in [0.1, 0.15) is 11.5 Å². The number of hydrogen-bond donors (Lipinski definition) is 2. The Morgan fingerprint density at radius 3 is 2.62 bits per heavy atom. The van der Waals surface area contributed by atoms with Crippen LogP contribution in [0.1, 0.15) is 31.3 Å². The smallest absolute Gasteiger partial charge is 0.271 e. The Kier molecular flexibility index (Phi) is 4.69. The molecule has 0 aliphatic rings. The first-order valence-corrected chi connectivity index (χ1v) is 5.47. The van der Waals surface area contributed by atoms with Crippen molar-refractivity contribution in [2.75, 3.05) is 18.4 Å². The third-order valence-electron chi connectivity index (χ3n) is 1.91. The van der Waals surface area contributed by atoms with Crippen molar-refractivity contribution in [2.24, 2.45) is 5.92 Å². The van der Waals surface area contributed by atoms with Gasteiger partial charge in [-0.1, -0.05) is 13.8 Å². The first-order valence-electron chi connectivity index (χ1n) is 5.47. The van der Waals surface area contributed by atoms with Gasteiger partial charge >= 0.3 is 0 Å². The van der Waals surface area contributed by atoms with Gasteiger partial charge in [-0.2, -0.15) is 0 Å². The van der Waals surface area contributed by atoms with Crippen LogP contribution in [-0.2, 0) is 0 Å². The van der Waals surface area contributed by atoms with Gasteiger partial charge in [0.05, 0.1) is 12.4 Å². The Morgan fingerprint density at radius 1 is 1.38 bits per heavy atom. The predicted octanol–water partition coefficient (Wildman–Crippen LogP) is 1.29. The molecule has 1 heterocycles. The predicted molar refractivity (Wildman–Crippen MR) is 63.4 cm³/mol. The molecule has 0 aliphatic carbocycles. The molecule has 1 aromatic heterocycles. The van der Waals surface area contributed by atoms with Crippen LogP contribution in [0.5, 0.6) is 0 Å². The SMILES string of the molecule is CCNc1cnc(C(=O)NCC(C)C)cn1. The van der Waals surface area contributed by atoms with Crippen molar-refractivity contribution in [1.82, 2.24) is 15.3 Å². The lowest BCUT2D eigenvalue weighted by atomic mass is 10.2. The van der Waals surface area contributed by atoms with Crippen LogP contribution in [0.15, 0.2) is 12.4 Å². The molecule has 0 atom stereocenters. The summed E-state index contributed by atoms with van der Waals surface area (Å²) >= 11 is 0. The molecule has 1 aromatic rings. The molecule has 0 radical (unpaired) electrons. The normalized spacial score (nSPS) is 10.2. The van der Waals surface area contributed by atoms with E-state index in [4.69, 9.17) is 0 Å². The molecule has 5 heteroatoms. The second-order valence-corrected chi connectivity index (χ2v) is 3.92. The zero-order valence-electron chi connectivity index (χ0n) is 9.95. The molecular formula is C11H18N4O. The Labute approximate surface area is 95.7 Å². The van der Waals surface area contributed by atoms with Crippen LogP contribution in [0.4, 0.5) is 5.82 Å². The molecule has 0 bridgehead atoms. The van der Waals surface area contributed by atoms with E-state index in [1.807, 2.05) is 20.8 Å². The first-order chi connectivity index (χ1) is 7.63. The van der Waals surface area contributed by atoms with Crippen molar-refractivity contribution < 1.29 is 4.79 Å². The van der Waals surface area contributed by atoms with Crippen molar-refractivity contribution in [3.8, 4) is 0 Å². The van der Waals surface area contributed by atoms with E-state index in [0.29, 0.717) is 24.0 Å². The molecule has 0 spiro atoms. The molecule has 0 saturated heterocycles. The van der Waals surface area contributed by atoms with Gasteiger partial charge < -0.3 is 10.6 Å². The number of amides is 1. The average Bonchev–Trinajstić information content (AvgIpc) is 2.27. The summed E-state index contributed by atoms with van der Waals surface area (Å²) in [4.78, 5) is 19.7. The lowest BCUT2D eigenvalue weighted by Gasteiger charge is -2.07. The summed E-state index contributed by atoms with van der Waals surface area (Å²) in [6, 6.07) is 0. The minimum absolute atomic E-state index is 0.177.